The molecule has 2 rings (SSSR count). The smallest absolute Gasteiger partial charge is 0.255 e. The van der Waals surface area contributed by atoms with Crippen LogP contribution in [0.15, 0.2) is 53.4 Å². The van der Waals surface area contributed by atoms with Gasteiger partial charge in [0.1, 0.15) is 12.4 Å². The summed E-state index contributed by atoms with van der Waals surface area (Å²) in [5, 5.41) is 2.84. The molecule has 1 N–H and O–H groups in total. The fourth-order valence-electron chi connectivity index (χ4n) is 2.84. The van der Waals surface area contributed by atoms with E-state index in [9.17, 15) is 13.2 Å². The molecular weight excluding hydrogens is 404 g/mol. The first-order chi connectivity index (χ1) is 14.4. The van der Waals surface area contributed by atoms with Crippen molar-refractivity contribution in [1.82, 2.24) is 4.90 Å². The van der Waals surface area contributed by atoms with Gasteiger partial charge in [-0.15, -0.1) is 0 Å². The van der Waals surface area contributed by atoms with Gasteiger partial charge in [0.05, 0.1) is 22.9 Å². The minimum absolute atomic E-state index is 0.104. The van der Waals surface area contributed by atoms with Gasteiger partial charge < -0.3 is 19.7 Å². The second-order valence-electron chi connectivity index (χ2n) is 6.66. The van der Waals surface area contributed by atoms with Crippen molar-refractivity contribution in [3.8, 4) is 5.75 Å². The van der Waals surface area contributed by atoms with Crippen molar-refractivity contribution in [2.24, 2.45) is 0 Å². The van der Waals surface area contributed by atoms with Crippen molar-refractivity contribution in [2.45, 2.75) is 18.7 Å². The minimum Gasteiger partial charge on any atom is -0.490 e. The Morgan fingerprint density at radius 2 is 1.67 bits per heavy atom. The SMILES string of the molecule is CCN(CC)CCOc1ccccc1NC(=O)c1ccc(S(=O)(=O)CCOC)cc1. The van der Waals surface area contributed by atoms with Crippen LogP contribution in [0.4, 0.5) is 5.69 Å². The van der Waals surface area contributed by atoms with Gasteiger partial charge in [-0.05, 0) is 49.5 Å². The molecule has 0 saturated heterocycles. The summed E-state index contributed by atoms with van der Waals surface area (Å²) in [6.45, 7) is 7.55. The van der Waals surface area contributed by atoms with Gasteiger partial charge in [-0.25, -0.2) is 8.42 Å². The third-order valence-electron chi connectivity index (χ3n) is 4.73. The number of nitrogens with zero attached hydrogens (tertiary/aromatic N) is 1. The van der Waals surface area contributed by atoms with E-state index in [0.29, 0.717) is 23.6 Å². The van der Waals surface area contributed by atoms with Crippen molar-refractivity contribution in [1.29, 1.82) is 0 Å². The maximum Gasteiger partial charge on any atom is 0.255 e. The van der Waals surface area contributed by atoms with E-state index < -0.39 is 9.84 Å². The number of hydrogen-bond acceptors (Lipinski definition) is 6. The molecule has 7 nitrogen and oxygen atoms in total. The Balaban J connectivity index is 2.04. The summed E-state index contributed by atoms with van der Waals surface area (Å²) < 4.78 is 35.1. The molecule has 0 aliphatic carbocycles. The maximum atomic E-state index is 12.6. The molecule has 0 aliphatic rings. The highest BCUT2D eigenvalue weighted by Gasteiger charge is 2.16. The van der Waals surface area contributed by atoms with Gasteiger partial charge in [-0.1, -0.05) is 26.0 Å². The molecule has 0 heterocycles. The largest absolute Gasteiger partial charge is 0.490 e. The van der Waals surface area contributed by atoms with E-state index in [4.69, 9.17) is 9.47 Å². The lowest BCUT2D eigenvalue weighted by molar-refractivity contribution is 0.102. The van der Waals surface area contributed by atoms with E-state index in [1.807, 2.05) is 18.2 Å². The van der Waals surface area contributed by atoms with Gasteiger partial charge in [0.2, 0.25) is 0 Å². The molecule has 0 atom stereocenters. The molecule has 0 aromatic heterocycles. The average molecular weight is 435 g/mol. The number of hydrogen-bond donors (Lipinski definition) is 1. The van der Waals surface area contributed by atoms with Gasteiger partial charge in [-0.3, -0.25) is 4.79 Å². The van der Waals surface area contributed by atoms with E-state index in [2.05, 4.69) is 24.1 Å². The lowest BCUT2D eigenvalue weighted by Gasteiger charge is -2.19. The second kappa shape index (κ2) is 11.7. The number of para-hydroxylation sites is 2. The Bertz CT molecular complexity index is 909. The van der Waals surface area contributed by atoms with Crippen molar-refractivity contribution in [3.63, 3.8) is 0 Å². The Morgan fingerprint density at radius 1 is 1.00 bits per heavy atom. The Labute approximate surface area is 178 Å². The number of benzene rings is 2. The zero-order valence-electron chi connectivity index (χ0n) is 17.8. The van der Waals surface area contributed by atoms with Crippen LogP contribution in [-0.4, -0.2) is 64.9 Å². The molecular formula is C22H30N2O5S. The molecule has 2 aromatic rings. The number of rotatable bonds is 12. The number of anilines is 1. The van der Waals surface area contributed by atoms with E-state index in [-0.39, 0.29) is 23.2 Å². The van der Waals surface area contributed by atoms with E-state index >= 15 is 0 Å². The quantitative estimate of drug-likeness (QED) is 0.553. The molecule has 1 amide bonds. The third-order valence-corrected chi connectivity index (χ3v) is 6.42. The summed E-state index contributed by atoms with van der Waals surface area (Å²) in [6.07, 6.45) is 0. The highest BCUT2D eigenvalue weighted by Crippen LogP contribution is 2.24. The highest BCUT2D eigenvalue weighted by atomic mass is 32.2. The summed E-state index contributed by atoms with van der Waals surface area (Å²) in [5.74, 6) is 0.153. The van der Waals surface area contributed by atoms with Crippen molar-refractivity contribution >= 4 is 21.4 Å². The van der Waals surface area contributed by atoms with Crippen LogP contribution in [0, 0.1) is 0 Å². The summed E-state index contributed by atoms with van der Waals surface area (Å²) in [7, 11) is -1.98. The summed E-state index contributed by atoms with van der Waals surface area (Å²) in [4.78, 5) is 15.0. The monoisotopic (exact) mass is 434 g/mol. The lowest BCUT2D eigenvalue weighted by Crippen LogP contribution is -2.28. The molecule has 8 heteroatoms. The minimum atomic E-state index is -3.43. The number of carbonyl (C=O) groups is 1. The van der Waals surface area contributed by atoms with Gasteiger partial charge >= 0.3 is 0 Å². The topological polar surface area (TPSA) is 84.9 Å². The van der Waals surface area contributed by atoms with Crippen molar-refractivity contribution in [2.75, 3.05) is 51.0 Å². The van der Waals surface area contributed by atoms with Crippen molar-refractivity contribution in [3.05, 3.63) is 54.1 Å². The van der Waals surface area contributed by atoms with Crippen LogP contribution in [0.3, 0.4) is 0 Å². The molecule has 0 radical (unpaired) electrons. The molecule has 0 aliphatic heterocycles. The average Bonchev–Trinajstić information content (AvgIpc) is 2.76. The number of nitrogens with one attached hydrogen (secondary N) is 1. The molecule has 0 unspecified atom stereocenters. The first-order valence-corrected chi connectivity index (χ1v) is 11.6. The molecule has 0 bridgehead atoms. The Hall–Kier alpha value is -2.42. The van der Waals surface area contributed by atoms with E-state index in [1.165, 1.54) is 31.4 Å². The normalized spacial score (nSPS) is 11.5. The standard InChI is InChI=1S/C22H30N2O5S/c1-4-24(5-2)14-15-29-21-9-7-6-8-20(21)23-22(25)18-10-12-19(13-11-18)30(26,27)17-16-28-3/h6-13H,4-5,14-17H2,1-3H3,(H,23,25). The van der Waals surface area contributed by atoms with Crippen LogP contribution in [0.25, 0.3) is 0 Å². The Morgan fingerprint density at radius 3 is 2.30 bits per heavy atom. The lowest BCUT2D eigenvalue weighted by atomic mass is 10.2. The van der Waals surface area contributed by atoms with Gasteiger partial charge in [-0.2, -0.15) is 0 Å². The van der Waals surface area contributed by atoms with Gasteiger partial charge in [0.15, 0.2) is 9.84 Å². The van der Waals surface area contributed by atoms with Gasteiger partial charge in [0.25, 0.3) is 5.91 Å². The fourth-order valence-corrected chi connectivity index (χ4v) is 4.01. The predicted octanol–water partition coefficient (Wildman–Crippen LogP) is 3.08. The summed E-state index contributed by atoms with van der Waals surface area (Å²) in [6, 6.07) is 13.1. The molecule has 0 saturated carbocycles. The number of sulfone groups is 1. The molecule has 0 fully saturated rings. The first-order valence-electron chi connectivity index (χ1n) is 9.98. The number of methoxy groups -OCH3 is 1. The van der Waals surface area contributed by atoms with Crippen LogP contribution < -0.4 is 10.1 Å². The number of likely N-dealkylation sites (N-methyl/N-ethyl adjacent to an activating group) is 1. The third kappa shape index (κ3) is 6.83. The van der Waals surface area contributed by atoms with Gasteiger partial charge in [0, 0.05) is 19.2 Å². The summed E-state index contributed by atoms with van der Waals surface area (Å²) >= 11 is 0. The van der Waals surface area contributed by atoms with Crippen LogP contribution in [0.2, 0.25) is 0 Å². The summed E-state index contributed by atoms with van der Waals surface area (Å²) in [5.41, 5.74) is 0.928. The first kappa shape index (κ1) is 23.9. The van der Waals surface area contributed by atoms with Crippen LogP contribution in [0.1, 0.15) is 24.2 Å². The van der Waals surface area contributed by atoms with Crippen LogP contribution in [0.5, 0.6) is 5.75 Å². The molecule has 30 heavy (non-hydrogen) atoms. The molecule has 0 spiro atoms. The van der Waals surface area contributed by atoms with Crippen LogP contribution in [-0.2, 0) is 14.6 Å². The zero-order valence-corrected chi connectivity index (χ0v) is 18.6. The number of carbonyl (C=O) groups excluding carboxylic acids is 1. The van der Waals surface area contributed by atoms with E-state index in [0.717, 1.165) is 19.6 Å². The van der Waals surface area contributed by atoms with E-state index in [1.54, 1.807) is 6.07 Å². The van der Waals surface area contributed by atoms with Crippen molar-refractivity contribution < 1.29 is 22.7 Å². The Kier molecular flexibility index (Phi) is 9.29. The molecule has 164 valence electrons. The fraction of sp³-hybridized carbons (Fsp3) is 0.409. The second-order valence-corrected chi connectivity index (χ2v) is 8.77. The maximum absolute atomic E-state index is 12.6. The number of ether oxygens (including phenoxy) is 2. The number of amides is 1. The van der Waals surface area contributed by atoms with Crippen LogP contribution >= 0.6 is 0 Å². The highest BCUT2D eigenvalue weighted by molar-refractivity contribution is 7.91. The predicted molar refractivity (Wildman–Crippen MR) is 118 cm³/mol. The molecule has 2 aromatic carbocycles. The zero-order chi connectivity index (χ0) is 22.0.